The highest BCUT2D eigenvalue weighted by Crippen LogP contribution is 2.50. The average molecular weight is 758 g/mol. The fourth-order valence-corrected chi connectivity index (χ4v) is 9.14. The van der Waals surface area contributed by atoms with Crippen LogP contribution in [0.15, 0.2) is 185 Å². The zero-order valence-electron chi connectivity index (χ0n) is 32.4. The van der Waals surface area contributed by atoms with Crippen LogP contribution in [-0.4, -0.2) is 15.0 Å². The Bertz CT molecular complexity index is 3470. The largest absolute Gasteiger partial charge is 0.456 e. The second kappa shape index (κ2) is 12.7. The Morgan fingerprint density at radius 2 is 0.881 bits per heavy atom. The van der Waals surface area contributed by atoms with E-state index in [0.29, 0.717) is 17.5 Å². The van der Waals surface area contributed by atoms with E-state index in [2.05, 4.69) is 141 Å². The molecule has 0 amide bonds. The number of hydrogen-bond acceptors (Lipinski definition) is 5. The molecule has 0 N–H and O–H groups in total. The molecule has 1 aliphatic carbocycles. The van der Waals surface area contributed by atoms with Gasteiger partial charge in [0.25, 0.3) is 0 Å². The molecule has 0 bridgehead atoms. The molecule has 0 radical (unpaired) electrons. The van der Waals surface area contributed by atoms with Crippen molar-refractivity contribution in [3.8, 4) is 67.5 Å². The minimum atomic E-state index is -0.0905. The first-order valence-electron chi connectivity index (χ1n) is 20.0. The van der Waals surface area contributed by atoms with Crippen LogP contribution in [0, 0.1) is 0 Å². The van der Waals surface area contributed by atoms with E-state index in [4.69, 9.17) is 23.8 Å². The number of furan rings is 2. The van der Waals surface area contributed by atoms with Gasteiger partial charge in [-0.2, -0.15) is 0 Å². The molecule has 5 nitrogen and oxygen atoms in total. The van der Waals surface area contributed by atoms with Gasteiger partial charge in [-0.25, -0.2) is 15.0 Å². The first kappa shape index (κ1) is 33.5. The number of nitrogens with zero attached hydrogens (tertiary/aromatic N) is 3. The Kier molecular flexibility index (Phi) is 7.20. The topological polar surface area (TPSA) is 65.0 Å². The zero-order valence-corrected chi connectivity index (χ0v) is 32.4. The lowest BCUT2D eigenvalue weighted by Gasteiger charge is -2.22. The lowest BCUT2D eigenvalue weighted by Crippen LogP contribution is -2.14. The number of para-hydroxylation sites is 1. The van der Waals surface area contributed by atoms with Crippen LogP contribution >= 0.6 is 0 Å². The number of fused-ring (bicyclic) bond motifs is 9. The Hall–Kier alpha value is -7.63. The smallest absolute Gasteiger partial charge is 0.164 e. The third kappa shape index (κ3) is 5.28. The molecule has 1 aliphatic rings. The lowest BCUT2D eigenvalue weighted by molar-refractivity contribution is 0.660. The summed E-state index contributed by atoms with van der Waals surface area (Å²) in [5.41, 5.74) is 15.8. The van der Waals surface area contributed by atoms with Gasteiger partial charge in [-0.3, -0.25) is 0 Å². The first-order valence-corrected chi connectivity index (χ1v) is 20.0. The first-order chi connectivity index (χ1) is 29.0. The van der Waals surface area contributed by atoms with Crippen LogP contribution in [0.5, 0.6) is 0 Å². The standard InChI is InChI=1S/C54H35N3O2/c1-54(2)44-16-8-6-13-38(44)39-26-23-36(31-45(39)54)35-24-27-48-43(29-35)50-41(15-10-18-49(50)59-48)53-56-51(34-21-19-33(20-22-34)32-11-4-3-5-12-32)55-52(57-53)37-25-28-47-42(30-37)40-14-7-9-17-46(40)58-47/h3-31H,1-2H3. The molecule has 8 aromatic carbocycles. The van der Waals surface area contributed by atoms with Gasteiger partial charge in [-0.15, -0.1) is 0 Å². The Morgan fingerprint density at radius 1 is 0.339 bits per heavy atom. The van der Waals surface area contributed by atoms with Gasteiger partial charge in [-0.1, -0.05) is 141 Å². The second-order valence-electron chi connectivity index (χ2n) is 16.0. The minimum absolute atomic E-state index is 0.0905. The normalized spacial score (nSPS) is 13.1. The van der Waals surface area contributed by atoms with Crippen molar-refractivity contribution in [3.63, 3.8) is 0 Å². The van der Waals surface area contributed by atoms with Crippen LogP contribution in [0.1, 0.15) is 25.0 Å². The van der Waals surface area contributed by atoms with Crippen LogP contribution in [0.2, 0.25) is 0 Å². The van der Waals surface area contributed by atoms with Crippen molar-refractivity contribution >= 4 is 43.9 Å². The van der Waals surface area contributed by atoms with Gasteiger partial charge in [0.05, 0.1) is 0 Å². The van der Waals surface area contributed by atoms with Gasteiger partial charge in [0.15, 0.2) is 17.5 Å². The summed E-state index contributed by atoms with van der Waals surface area (Å²) in [4.78, 5) is 15.6. The zero-order chi connectivity index (χ0) is 39.2. The summed E-state index contributed by atoms with van der Waals surface area (Å²) in [5.74, 6) is 1.75. The summed E-state index contributed by atoms with van der Waals surface area (Å²) in [6.07, 6.45) is 0. The fourth-order valence-electron chi connectivity index (χ4n) is 9.14. The van der Waals surface area contributed by atoms with Gasteiger partial charge in [0.1, 0.15) is 22.3 Å². The van der Waals surface area contributed by atoms with Crippen LogP contribution in [0.25, 0.3) is 111 Å². The van der Waals surface area contributed by atoms with E-state index < -0.39 is 0 Å². The maximum atomic E-state index is 6.54. The van der Waals surface area contributed by atoms with Crippen molar-refractivity contribution < 1.29 is 8.83 Å². The predicted octanol–water partition coefficient (Wildman–Crippen LogP) is 14.3. The highest BCUT2D eigenvalue weighted by Gasteiger charge is 2.35. The predicted molar refractivity (Wildman–Crippen MR) is 239 cm³/mol. The monoisotopic (exact) mass is 757 g/mol. The fraction of sp³-hybridized carbons (Fsp3) is 0.0556. The maximum Gasteiger partial charge on any atom is 0.164 e. The van der Waals surface area contributed by atoms with Crippen LogP contribution in [0.3, 0.4) is 0 Å². The molecular formula is C54H35N3O2. The van der Waals surface area contributed by atoms with Gasteiger partial charge in [0.2, 0.25) is 0 Å². The van der Waals surface area contributed by atoms with E-state index >= 15 is 0 Å². The third-order valence-electron chi connectivity index (χ3n) is 12.2. The maximum absolute atomic E-state index is 6.54. The number of rotatable bonds is 5. The second-order valence-corrected chi connectivity index (χ2v) is 16.0. The van der Waals surface area contributed by atoms with Crippen molar-refractivity contribution in [2.24, 2.45) is 0 Å². The van der Waals surface area contributed by atoms with Crippen LogP contribution in [0.4, 0.5) is 0 Å². The van der Waals surface area contributed by atoms with Crippen molar-refractivity contribution in [2.75, 3.05) is 0 Å². The molecule has 0 atom stereocenters. The summed E-state index contributed by atoms with van der Waals surface area (Å²) in [5, 5.41) is 4.05. The van der Waals surface area contributed by atoms with Gasteiger partial charge >= 0.3 is 0 Å². The van der Waals surface area contributed by atoms with Crippen molar-refractivity contribution in [1.82, 2.24) is 15.0 Å². The number of benzene rings is 8. The van der Waals surface area contributed by atoms with Crippen LogP contribution < -0.4 is 0 Å². The molecule has 0 unspecified atom stereocenters. The minimum Gasteiger partial charge on any atom is -0.456 e. The van der Waals surface area contributed by atoms with Gasteiger partial charge in [-0.05, 0) is 93.0 Å². The molecule has 12 rings (SSSR count). The van der Waals surface area contributed by atoms with Crippen molar-refractivity contribution in [2.45, 2.75) is 19.3 Å². The highest BCUT2D eigenvalue weighted by molar-refractivity contribution is 6.13. The highest BCUT2D eigenvalue weighted by atomic mass is 16.3. The molecule has 0 fully saturated rings. The van der Waals surface area contributed by atoms with E-state index in [1.165, 1.54) is 27.8 Å². The summed E-state index contributed by atoms with van der Waals surface area (Å²) in [7, 11) is 0. The van der Waals surface area contributed by atoms with Gasteiger partial charge < -0.3 is 8.83 Å². The summed E-state index contributed by atoms with van der Waals surface area (Å²) in [6, 6.07) is 61.4. The van der Waals surface area contributed by atoms with Gasteiger partial charge in [0, 0.05) is 43.7 Å². The van der Waals surface area contributed by atoms with E-state index in [1.54, 1.807) is 0 Å². The van der Waals surface area contributed by atoms with E-state index in [-0.39, 0.29) is 5.41 Å². The Balaban J connectivity index is 1.03. The Labute approximate surface area is 340 Å². The molecule has 3 heterocycles. The quantitative estimate of drug-likeness (QED) is 0.175. The summed E-state index contributed by atoms with van der Waals surface area (Å²) in [6.45, 7) is 4.65. The van der Waals surface area contributed by atoms with Crippen LogP contribution in [-0.2, 0) is 5.41 Å². The molecule has 0 aliphatic heterocycles. The van der Waals surface area contributed by atoms with E-state index in [1.807, 2.05) is 48.5 Å². The molecule has 0 spiro atoms. The SMILES string of the molecule is CC1(C)c2ccccc2-c2ccc(-c3ccc4oc5cccc(-c6nc(-c7ccc(-c8ccccc8)cc7)nc(-c7ccc8oc9ccccc9c8c7)n6)c5c4c3)cc21. The molecule has 11 aromatic rings. The number of aromatic nitrogens is 3. The third-order valence-corrected chi connectivity index (χ3v) is 12.2. The molecule has 59 heavy (non-hydrogen) atoms. The Morgan fingerprint density at radius 3 is 1.75 bits per heavy atom. The molecule has 0 saturated heterocycles. The molecule has 0 saturated carbocycles. The van der Waals surface area contributed by atoms with Crippen molar-refractivity contribution in [1.29, 1.82) is 0 Å². The van der Waals surface area contributed by atoms with E-state index in [0.717, 1.165) is 77.3 Å². The molecule has 5 heteroatoms. The average Bonchev–Trinajstić information content (AvgIpc) is 3.93. The lowest BCUT2D eigenvalue weighted by atomic mass is 9.81. The summed E-state index contributed by atoms with van der Waals surface area (Å²) >= 11 is 0. The molecule has 278 valence electrons. The molecular weight excluding hydrogens is 723 g/mol. The summed E-state index contributed by atoms with van der Waals surface area (Å²) < 4.78 is 12.7. The number of hydrogen-bond donors (Lipinski definition) is 0. The van der Waals surface area contributed by atoms with E-state index in [9.17, 15) is 0 Å². The molecule has 3 aromatic heterocycles. The van der Waals surface area contributed by atoms with Crippen molar-refractivity contribution in [3.05, 3.63) is 187 Å².